The Morgan fingerprint density at radius 2 is 1.61 bits per heavy atom. The average molecular weight is 323 g/mol. The third kappa shape index (κ3) is 4.37. The summed E-state index contributed by atoms with van der Waals surface area (Å²) >= 11 is 0. The molecule has 1 atom stereocenters. The molecule has 1 saturated carbocycles. The summed E-state index contributed by atoms with van der Waals surface area (Å²) in [5.41, 5.74) is 0. The van der Waals surface area contributed by atoms with Crippen molar-refractivity contribution in [1.29, 1.82) is 0 Å². The van der Waals surface area contributed by atoms with Gasteiger partial charge in [0.05, 0.1) is 19.1 Å². The molecule has 0 spiro atoms. The van der Waals surface area contributed by atoms with Crippen LogP contribution in [0.25, 0.3) is 0 Å². The number of urea groups is 1. The van der Waals surface area contributed by atoms with E-state index >= 15 is 0 Å². The molecule has 3 aliphatic rings. The molecule has 2 saturated heterocycles. The summed E-state index contributed by atoms with van der Waals surface area (Å²) in [4.78, 5) is 28.9. The molecule has 2 heterocycles. The number of carbonyl (C=O) groups excluding carboxylic acids is 2. The zero-order chi connectivity index (χ0) is 16.1. The van der Waals surface area contributed by atoms with Gasteiger partial charge in [0.15, 0.2) is 0 Å². The third-order valence-corrected chi connectivity index (χ3v) is 5.31. The fraction of sp³-hybridized carbons (Fsp3) is 0.882. The van der Waals surface area contributed by atoms with Crippen LogP contribution in [0, 0.1) is 5.92 Å². The second-order valence-electron chi connectivity index (χ2n) is 7.01. The van der Waals surface area contributed by atoms with E-state index in [4.69, 9.17) is 4.74 Å². The molecule has 0 radical (unpaired) electrons. The summed E-state index contributed by atoms with van der Waals surface area (Å²) < 4.78 is 5.31. The lowest BCUT2D eigenvalue weighted by Gasteiger charge is -2.37. The van der Waals surface area contributed by atoms with Gasteiger partial charge in [0.2, 0.25) is 5.91 Å². The molecule has 23 heavy (non-hydrogen) atoms. The topological polar surface area (TPSA) is 61.9 Å². The first kappa shape index (κ1) is 16.6. The molecule has 3 rings (SSSR count). The maximum Gasteiger partial charge on any atom is 0.317 e. The number of nitrogens with one attached hydrogen (secondary N) is 1. The van der Waals surface area contributed by atoms with Crippen molar-refractivity contribution in [2.45, 2.75) is 51.0 Å². The molecule has 0 bridgehead atoms. The van der Waals surface area contributed by atoms with Crippen LogP contribution in [0.15, 0.2) is 0 Å². The molecule has 2 aliphatic heterocycles. The zero-order valence-corrected chi connectivity index (χ0v) is 14.0. The lowest BCUT2D eigenvalue weighted by molar-refractivity contribution is -0.141. The highest BCUT2D eigenvalue weighted by atomic mass is 16.5. The predicted molar refractivity (Wildman–Crippen MR) is 87.1 cm³/mol. The molecule has 3 amide bonds. The van der Waals surface area contributed by atoms with Gasteiger partial charge in [-0.15, -0.1) is 0 Å². The minimum Gasteiger partial charge on any atom is -0.378 e. The number of nitrogens with zero attached hydrogens (tertiary/aromatic N) is 2. The molecule has 0 aromatic rings. The Hall–Kier alpha value is -1.30. The van der Waals surface area contributed by atoms with Crippen molar-refractivity contribution in [3.8, 4) is 0 Å². The highest BCUT2D eigenvalue weighted by Gasteiger charge is 2.32. The number of carbonyl (C=O) groups is 2. The highest BCUT2D eigenvalue weighted by Crippen LogP contribution is 2.21. The van der Waals surface area contributed by atoms with Crippen molar-refractivity contribution >= 4 is 11.9 Å². The van der Waals surface area contributed by atoms with Gasteiger partial charge in [-0.2, -0.15) is 0 Å². The molecular weight excluding hydrogens is 294 g/mol. The molecule has 3 fully saturated rings. The van der Waals surface area contributed by atoms with Crippen LogP contribution in [0.3, 0.4) is 0 Å². The van der Waals surface area contributed by atoms with E-state index < -0.39 is 0 Å². The number of ether oxygens (including phenoxy) is 1. The summed E-state index contributed by atoms with van der Waals surface area (Å²) in [6, 6.07) is 0.350. The Morgan fingerprint density at radius 3 is 2.35 bits per heavy atom. The van der Waals surface area contributed by atoms with Gasteiger partial charge >= 0.3 is 6.03 Å². The summed E-state index contributed by atoms with van der Waals surface area (Å²) in [6.07, 6.45) is 7.70. The summed E-state index contributed by atoms with van der Waals surface area (Å²) in [5.74, 6) is 0.155. The molecule has 1 unspecified atom stereocenters. The van der Waals surface area contributed by atoms with Gasteiger partial charge in [-0.25, -0.2) is 4.79 Å². The molecule has 0 aromatic heterocycles. The number of hydrogen-bond acceptors (Lipinski definition) is 3. The van der Waals surface area contributed by atoms with Gasteiger partial charge in [-0.3, -0.25) is 4.79 Å². The van der Waals surface area contributed by atoms with Crippen LogP contribution in [0.1, 0.15) is 44.9 Å². The van der Waals surface area contributed by atoms with E-state index in [9.17, 15) is 9.59 Å². The van der Waals surface area contributed by atoms with Crippen molar-refractivity contribution < 1.29 is 14.3 Å². The van der Waals surface area contributed by atoms with Gasteiger partial charge in [-0.05, 0) is 25.7 Å². The van der Waals surface area contributed by atoms with Crippen LogP contribution in [0.5, 0.6) is 0 Å². The van der Waals surface area contributed by atoms with Crippen molar-refractivity contribution in [1.82, 2.24) is 15.1 Å². The largest absolute Gasteiger partial charge is 0.378 e. The normalized spacial score (nSPS) is 26.9. The summed E-state index contributed by atoms with van der Waals surface area (Å²) in [6.45, 7) is 3.96. The first-order valence-corrected chi connectivity index (χ1v) is 9.16. The summed E-state index contributed by atoms with van der Waals surface area (Å²) in [7, 11) is 0. The first-order chi connectivity index (χ1) is 11.2. The fourth-order valence-corrected chi connectivity index (χ4v) is 3.92. The van der Waals surface area contributed by atoms with E-state index in [1.54, 1.807) is 0 Å². The van der Waals surface area contributed by atoms with Gasteiger partial charge < -0.3 is 19.9 Å². The van der Waals surface area contributed by atoms with Crippen LogP contribution in [0.4, 0.5) is 4.79 Å². The molecule has 1 aliphatic carbocycles. The van der Waals surface area contributed by atoms with Crippen LogP contribution >= 0.6 is 0 Å². The van der Waals surface area contributed by atoms with Gasteiger partial charge in [-0.1, -0.05) is 19.3 Å². The van der Waals surface area contributed by atoms with Crippen molar-refractivity contribution in [3.05, 3.63) is 0 Å². The van der Waals surface area contributed by atoms with Crippen molar-refractivity contribution in [3.63, 3.8) is 0 Å². The maximum absolute atomic E-state index is 12.6. The quantitative estimate of drug-likeness (QED) is 0.839. The molecule has 6 heteroatoms. The maximum atomic E-state index is 12.6. The predicted octanol–water partition coefficient (Wildman–Crippen LogP) is 1.60. The number of hydrogen-bond donors (Lipinski definition) is 1. The van der Waals surface area contributed by atoms with E-state index in [0.29, 0.717) is 38.9 Å². The van der Waals surface area contributed by atoms with Crippen molar-refractivity contribution in [2.75, 3.05) is 39.4 Å². The standard InChI is InChI=1S/C17H29N3O3/c21-16(19-9-11-23-12-10-19)14-5-4-8-20(13-14)17(22)18-15-6-2-1-3-7-15/h14-15H,1-13H2,(H,18,22). The lowest BCUT2D eigenvalue weighted by atomic mass is 9.95. The average Bonchev–Trinajstić information content (AvgIpc) is 2.63. The van der Waals surface area contributed by atoms with Gasteiger partial charge in [0, 0.05) is 32.2 Å². The van der Waals surface area contributed by atoms with Crippen LogP contribution in [0.2, 0.25) is 0 Å². The second-order valence-corrected chi connectivity index (χ2v) is 7.01. The number of rotatable bonds is 2. The minimum absolute atomic E-state index is 0.0244. The fourth-order valence-electron chi connectivity index (χ4n) is 3.92. The lowest BCUT2D eigenvalue weighted by Crippen LogP contribution is -2.52. The second kappa shape index (κ2) is 7.99. The van der Waals surface area contributed by atoms with Crippen LogP contribution < -0.4 is 5.32 Å². The Morgan fingerprint density at radius 1 is 0.870 bits per heavy atom. The number of likely N-dealkylation sites (tertiary alicyclic amines) is 1. The molecule has 0 aromatic carbocycles. The van der Waals surface area contributed by atoms with Gasteiger partial charge in [0.1, 0.15) is 0 Å². The number of amides is 3. The Labute approximate surface area is 138 Å². The van der Waals surface area contributed by atoms with E-state index in [0.717, 1.165) is 32.2 Å². The van der Waals surface area contributed by atoms with E-state index in [1.165, 1.54) is 19.3 Å². The SMILES string of the molecule is O=C(NC1CCCCC1)N1CCCC(C(=O)N2CCOCC2)C1. The molecular formula is C17H29N3O3. The van der Waals surface area contributed by atoms with E-state index in [1.807, 2.05) is 9.80 Å². The van der Waals surface area contributed by atoms with Crippen LogP contribution in [-0.4, -0.2) is 67.2 Å². The van der Waals surface area contributed by atoms with Crippen LogP contribution in [-0.2, 0) is 9.53 Å². The minimum atomic E-state index is -0.0426. The highest BCUT2D eigenvalue weighted by molar-refractivity contribution is 5.81. The number of piperidine rings is 1. The monoisotopic (exact) mass is 323 g/mol. The first-order valence-electron chi connectivity index (χ1n) is 9.16. The van der Waals surface area contributed by atoms with E-state index in [-0.39, 0.29) is 17.9 Å². The zero-order valence-electron chi connectivity index (χ0n) is 14.0. The molecule has 130 valence electrons. The van der Waals surface area contributed by atoms with Crippen molar-refractivity contribution in [2.24, 2.45) is 5.92 Å². The summed E-state index contributed by atoms with van der Waals surface area (Å²) in [5, 5.41) is 3.17. The molecule has 1 N–H and O–H groups in total. The van der Waals surface area contributed by atoms with Gasteiger partial charge in [0.25, 0.3) is 0 Å². The Balaban J connectivity index is 1.50. The Kier molecular flexibility index (Phi) is 5.75. The van der Waals surface area contributed by atoms with E-state index in [2.05, 4.69) is 5.32 Å². The smallest absolute Gasteiger partial charge is 0.317 e. The molecule has 6 nitrogen and oxygen atoms in total. The third-order valence-electron chi connectivity index (χ3n) is 5.31. The Bertz CT molecular complexity index is 417. The number of morpholine rings is 1.